The average Bonchev–Trinajstić information content (AvgIpc) is 2.38. The van der Waals surface area contributed by atoms with Crippen LogP contribution in [-0.2, 0) is 12.0 Å². The number of pyridine rings is 1. The summed E-state index contributed by atoms with van der Waals surface area (Å²) in [6.45, 7) is 6.44. The van der Waals surface area contributed by atoms with E-state index in [4.69, 9.17) is 9.84 Å². The first-order valence-corrected chi connectivity index (χ1v) is 6.34. The lowest BCUT2D eigenvalue weighted by Gasteiger charge is -2.19. The molecule has 0 radical (unpaired) electrons. The number of hydrogen-bond donors (Lipinski definition) is 1. The molecule has 3 heteroatoms. The molecule has 0 aliphatic heterocycles. The zero-order valence-electron chi connectivity index (χ0n) is 11.6. The number of aromatic nitrogens is 1. The molecule has 19 heavy (non-hydrogen) atoms. The molecule has 2 aromatic rings. The van der Waals surface area contributed by atoms with Crippen LogP contribution in [0.1, 0.15) is 32.0 Å². The van der Waals surface area contributed by atoms with E-state index in [0.717, 1.165) is 5.75 Å². The summed E-state index contributed by atoms with van der Waals surface area (Å²) >= 11 is 0. The largest absolute Gasteiger partial charge is 0.439 e. The van der Waals surface area contributed by atoms with Crippen molar-refractivity contribution in [2.75, 3.05) is 0 Å². The molecule has 1 aromatic heterocycles. The Kier molecular flexibility index (Phi) is 3.86. The highest BCUT2D eigenvalue weighted by Gasteiger charge is 2.13. The number of benzene rings is 1. The molecule has 0 aliphatic rings. The Hall–Kier alpha value is -1.87. The number of aliphatic hydroxyl groups is 1. The molecule has 1 heterocycles. The first-order chi connectivity index (χ1) is 8.99. The maximum Gasteiger partial charge on any atom is 0.219 e. The minimum Gasteiger partial charge on any atom is -0.439 e. The van der Waals surface area contributed by atoms with Gasteiger partial charge in [-0.1, -0.05) is 39.0 Å². The van der Waals surface area contributed by atoms with E-state index in [9.17, 15) is 0 Å². The van der Waals surface area contributed by atoms with Gasteiger partial charge in [-0.2, -0.15) is 0 Å². The number of ether oxygens (including phenoxy) is 1. The van der Waals surface area contributed by atoms with Crippen molar-refractivity contribution in [2.45, 2.75) is 32.8 Å². The van der Waals surface area contributed by atoms with E-state index >= 15 is 0 Å². The summed E-state index contributed by atoms with van der Waals surface area (Å²) in [4.78, 5) is 4.19. The van der Waals surface area contributed by atoms with Crippen LogP contribution in [0.5, 0.6) is 11.6 Å². The number of rotatable bonds is 3. The minimum absolute atomic E-state index is 0.0832. The lowest BCUT2D eigenvalue weighted by atomic mass is 9.87. The first-order valence-electron chi connectivity index (χ1n) is 6.34. The molecule has 100 valence electrons. The van der Waals surface area contributed by atoms with Gasteiger partial charge in [0.2, 0.25) is 5.88 Å². The highest BCUT2D eigenvalue weighted by atomic mass is 16.5. The fraction of sp³-hybridized carbons (Fsp3) is 0.312. The van der Waals surface area contributed by atoms with E-state index in [0.29, 0.717) is 11.6 Å². The Morgan fingerprint density at radius 3 is 2.32 bits per heavy atom. The van der Waals surface area contributed by atoms with Crippen LogP contribution in [-0.4, -0.2) is 10.1 Å². The van der Waals surface area contributed by atoms with Crippen molar-refractivity contribution >= 4 is 0 Å². The van der Waals surface area contributed by atoms with E-state index in [1.807, 2.05) is 18.2 Å². The van der Waals surface area contributed by atoms with Crippen molar-refractivity contribution in [3.05, 3.63) is 53.7 Å². The summed E-state index contributed by atoms with van der Waals surface area (Å²) in [6.07, 6.45) is 0. The monoisotopic (exact) mass is 257 g/mol. The molecule has 0 spiro atoms. The molecule has 0 saturated heterocycles. The Morgan fingerprint density at radius 1 is 1.05 bits per heavy atom. The molecule has 3 nitrogen and oxygen atoms in total. The zero-order valence-corrected chi connectivity index (χ0v) is 11.6. The topological polar surface area (TPSA) is 42.4 Å². The van der Waals surface area contributed by atoms with Crippen LogP contribution >= 0.6 is 0 Å². The second kappa shape index (κ2) is 5.41. The molecule has 1 aromatic carbocycles. The van der Waals surface area contributed by atoms with Gasteiger partial charge in [-0.05, 0) is 29.2 Å². The van der Waals surface area contributed by atoms with E-state index in [2.05, 4.69) is 37.9 Å². The lowest BCUT2D eigenvalue weighted by Crippen LogP contribution is -2.10. The molecule has 0 saturated carbocycles. The average molecular weight is 257 g/mol. The smallest absolute Gasteiger partial charge is 0.219 e. The SMILES string of the molecule is CC(C)(C)c1ccc(Oc2cccc(CO)n2)cc1. The third kappa shape index (κ3) is 3.55. The molecule has 2 rings (SSSR count). The van der Waals surface area contributed by atoms with Crippen molar-refractivity contribution in [1.29, 1.82) is 0 Å². The van der Waals surface area contributed by atoms with Crippen LogP contribution in [0.4, 0.5) is 0 Å². The third-order valence-corrected chi connectivity index (χ3v) is 2.89. The van der Waals surface area contributed by atoms with Gasteiger partial charge in [-0.25, -0.2) is 4.98 Å². The fourth-order valence-electron chi connectivity index (χ4n) is 1.75. The van der Waals surface area contributed by atoms with E-state index in [1.165, 1.54) is 5.56 Å². The van der Waals surface area contributed by atoms with Crippen LogP contribution in [0, 0.1) is 0 Å². The van der Waals surface area contributed by atoms with Crippen molar-refractivity contribution in [3.63, 3.8) is 0 Å². The van der Waals surface area contributed by atoms with Crippen LogP contribution in [0.2, 0.25) is 0 Å². The maximum absolute atomic E-state index is 9.04. The van der Waals surface area contributed by atoms with E-state index in [1.54, 1.807) is 12.1 Å². The van der Waals surface area contributed by atoms with Gasteiger partial charge >= 0.3 is 0 Å². The molecule has 1 N–H and O–H groups in total. The summed E-state index contributed by atoms with van der Waals surface area (Å²) in [5.41, 5.74) is 1.99. The van der Waals surface area contributed by atoms with E-state index in [-0.39, 0.29) is 12.0 Å². The number of aliphatic hydroxyl groups excluding tert-OH is 1. The van der Waals surface area contributed by atoms with E-state index < -0.39 is 0 Å². The highest BCUT2D eigenvalue weighted by molar-refractivity contribution is 5.33. The normalized spacial score (nSPS) is 11.4. The maximum atomic E-state index is 9.04. The zero-order chi connectivity index (χ0) is 13.9. The second-order valence-corrected chi connectivity index (χ2v) is 5.50. The molecule has 0 atom stereocenters. The highest BCUT2D eigenvalue weighted by Crippen LogP contribution is 2.26. The van der Waals surface area contributed by atoms with Gasteiger partial charge in [0.05, 0.1) is 12.3 Å². The van der Waals surface area contributed by atoms with Crippen molar-refractivity contribution in [2.24, 2.45) is 0 Å². The van der Waals surface area contributed by atoms with Gasteiger partial charge < -0.3 is 9.84 Å². The van der Waals surface area contributed by atoms with Crippen molar-refractivity contribution < 1.29 is 9.84 Å². The molecular weight excluding hydrogens is 238 g/mol. The molecule has 0 aliphatic carbocycles. The Morgan fingerprint density at radius 2 is 1.74 bits per heavy atom. The Bertz CT molecular complexity index is 541. The predicted molar refractivity (Wildman–Crippen MR) is 75.4 cm³/mol. The van der Waals surface area contributed by atoms with Crippen LogP contribution in [0.15, 0.2) is 42.5 Å². The van der Waals surface area contributed by atoms with Crippen molar-refractivity contribution in [1.82, 2.24) is 4.98 Å². The molecule has 0 fully saturated rings. The predicted octanol–water partition coefficient (Wildman–Crippen LogP) is 3.66. The van der Waals surface area contributed by atoms with Gasteiger partial charge in [0.1, 0.15) is 5.75 Å². The van der Waals surface area contributed by atoms with Gasteiger partial charge in [0.15, 0.2) is 0 Å². The van der Waals surface area contributed by atoms with Crippen LogP contribution in [0.25, 0.3) is 0 Å². The number of nitrogens with zero attached hydrogens (tertiary/aromatic N) is 1. The summed E-state index contributed by atoms with van der Waals surface area (Å²) in [7, 11) is 0. The Labute approximate surface area is 113 Å². The first kappa shape index (κ1) is 13.6. The fourth-order valence-corrected chi connectivity index (χ4v) is 1.75. The van der Waals surface area contributed by atoms with Crippen molar-refractivity contribution in [3.8, 4) is 11.6 Å². The quantitative estimate of drug-likeness (QED) is 0.912. The van der Waals surface area contributed by atoms with Gasteiger partial charge in [-0.3, -0.25) is 0 Å². The van der Waals surface area contributed by atoms with Gasteiger partial charge in [0, 0.05) is 6.07 Å². The lowest BCUT2D eigenvalue weighted by molar-refractivity contribution is 0.275. The molecule has 0 amide bonds. The standard InChI is InChI=1S/C16H19NO2/c1-16(2,3)12-7-9-14(10-8-12)19-15-6-4-5-13(11-18)17-15/h4-10,18H,11H2,1-3H3. The Balaban J connectivity index is 2.15. The summed E-state index contributed by atoms with van der Waals surface area (Å²) in [5.74, 6) is 1.24. The van der Waals surface area contributed by atoms with Gasteiger partial charge in [0.25, 0.3) is 0 Å². The summed E-state index contributed by atoms with van der Waals surface area (Å²) in [6, 6.07) is 13.3. The second-order valence-electron chi connectivity index (χ2n) is 5.50. The minimum atomic E-state index is -0.0832. The molecule has 0 bridgehead atoms. The summed E-state index contributed by atoms with van der Waals surface area (Å²) in [5, 5.41) is 9.04. The number of hydrogen-bond acceptors (Lipinski definition) is 3. The third-order valence-electron chi connectivity index (χ3n) is 2.89. The van der Waals surface area contributed by atoms with Gasteiger partial charge in [-0.15, -0.1) is 0 Å². The molecular formula is C16H19NO2. The van der Waals surface area contributed by atoms with Crippen LogP contribution in [0.3, 0.4) is 0 Å². The van der Waals surface area contributed by atoms with Crippen LogP contribution < -0.4 is 4.74 Å². The summed E-state index contributed by atoms with van der Waals surface area (Å²) < 4.78 is 5.67. The molecule has 0 unspecified atom stereocenters.